The van der Waals surface area contributed by atoms with Crippen molar-refractivity contribution in [3.05, 3.63) is 224 Å². The van der Waals surface area contributed by atoms with E-state index >= 15 is 0 Å². The van der Waals surface area contributed by atoms with Crippen molar-refractivity contribution >= 4 is 60.5 Å². The first kappa shape index (κ1) is 22.2. The van der Waals surface area contributed by atoms with E-state index in [4.69, 9.17) is 9.90 Å². The lowest BCUT2D eigenvalue weighted by Gasteiger charge is -2.27. The van der Waals surface area contributed by atoms with E-state index in [1.165, 1.54) is 0 Å². The van der Waals surface area contributed by atoms with Gasteiger partial charge >= 0.3 is 0 Å². The van der Waals surface area contributed by atoms with Gasteiger partial charge in [-0.2, -0.15) is 0 Å². The lowest BCUT2D eigenvalue weighted by molar-refractivity contribution is 0.670. The zero-order valence-electron chi connectivity index (χ0n) is 44.6. The molecule has 0 fully saturated rings. The normalized spacial score (nSPS) is 14.8. The molecule has 1 heterocycles. The first-order chi connectivity index (χ1) is 34.6. The monoisotopic (exact) mass is 753 g/mol. The van der Waals surface area contributed by atoms with Crippen LogP contribution in [0.2, 0.25) is 0 Å². The summed E-state index contributed by atoms with van der Waals surface area (Å²) in [4.78, 5) is 0.957. The van der Waals surface area contributed by atoms with Gasteiger partial charge in [-0.3, -0.25) is 0 Å². The number of hydrogen-bond acceptors (Lipinski definition) is 2. The summed E-state index contributed by atoms with van der Waals surface area (Å²) in [7, 11) is 0. The highest BCUT2D eigenvalue weighted by Gasteiger charge is 2.23. The fraction of sp³-hybridized carbons (Fsp3) is 0. The van der Waals surface area contributed by atoms with Crippen LogP contribution in [0.25, 0.3) is 88.0 Å². The van der Waals surface area contributed by atoms with E-state index in [0.717, 1.165) is 32.2 Å². The van der Waals surface area contributed by atoms with Crippen LogP contribution in [-0.2, 0) is 0 Å². The van der Waals surface area contributed by atoms with Crippen LogP contribution in [0.4, 0.5) is 17.1 Å². The Hall–Kier alpha value is -7.68. The third kappa shape index (κ3) is 5.82. The van der Waals surface area contributed by atoms with E-state index in [9.17, 15) is 13.7 Å². The zero-order chi connectivity index (χ0) is 50.6. The van der Waals surface area contributed by atoms with E-state index in [-0.39, 0.29) is 38.6 Å². The molecule has 0 unspecified atom stereocenters. The summed E-state index contributed by atoms with van der Waals surface area (Å²) in [5.41, 5.74) is 0.423. The molecular formula is C56H37NO. The Morgan fingerprint density at radius 1 is 0.397 bits per heavy atom. The maximum absolute atomic E-state index is 10.2. The van der Waals surface area contributed by atoms with Crippen molar-refractivity contribution in [3.8, 4) is 44.5 Å². The van der Waals surface area contributed by atoms with Gasteiger partial charge in [0, 0.05) is 22.3 Å². The van der Waals surface area contributed by atoms with Crippen LogP contribution in [0.5, 0.6) is 0 Å². The Morgan fingerprint density at radius 2 is 1.02 bits per heavy atom. The Bertz CT molecular complexity index is 4060. The number of rotatable bonds is 7. The van der Waals surface area contributed by atoms with Gasteiger partial charge in [0.2, 0.25) is 0 Å². The topological polar surface area (TPSA) is 16.4 Å². The molecular weight excluding hydrogens is 703 g/mol. The van der Waals surface area contributed by atoms with Crippen molar-refractivity contribution in [3.63, 3.8) is 0 Å². The zero-order valence-corrected chi connectivity index (χ0v) is 30.6. The van der Waals surface area contributed by atoms with Crippen LogP contribution in [0.15, 0.2) is 229 Å². The Balaban J connectivity index is 1.32. The van der Waals surface area contributed by atoms with Crippen LogP contribution in [0.3, 0.4) is 0 Å². The number of benzene rings is 10. The second-order valence-electron chi connectivity index (χ2n) is 13.8. The van der Waals surface area contributed by atoms with Crippen LogP contribution >= 0.6 is 0 Å². The third-order valence-electron chi connectivity index (χ3n) is 10.4. The van der Waals surface area contributed by atoms with Gasteiger partial charge in [0.1, 0.15) is 11.2 Å². The number of hydrogen-bond donors (Lipinski definition) is 0. The summed E-state index contributed by atoms with van der Waals surface area (Å²) >= 11 is 0. The van der Waals surface area contributed by atoms with Crippen molar-refractivity contribution in [2.75, 3.05) is 4.90 Å². The van der Waals surface area contributed by atoms with E-state index in [0.29, 0.717) is 22.1 Å². The van der Waals surface area contributed by atoms with Crippen molar-refractivity contribution in [1.29, 1.82) is 0 Å². The fourth-order valence-electron chi connectivity index (χ4n) is 7.63. The molecule has 0 saturated heterocycles. The standard InChI is InChI=1S/C56H37NO/c1-3-14-38(15-4-1)40-26-28-41(29-27-40)42-30-32-45(33-31-42)57(46-20-13-19-43(36-46)39-16-5-2-6-17-39)53-35-34-50(56-55(53)51-24-11-12-25-54(51)58-56)52-37-44-18-7-8-21-47(44)48-22-9-10-23-49(48)52/h1-37H/i11D,12D,13D,19D,20D,24D,25D,30D,31D,32D,33D,34D,35D,36D. The summed E-state index contributed by atoms with van der Waals surface area (Å²) in [6.45, 7) is 0. The molecule has 0 aliphatic heterocycles. The lowest BCUT2D eigenvalue weighted by Crippen LogP contribution is -2.10. The second-order valence-corrected chi connectivity index (χ2v) is 13.8. The van der Waals surface area contributed by atoms with Gasteiger partial charge in [-0.15, -0.1) is 0 Å². The van der Waals surface area contributed by atoms with Gasteiger partial charge in [0.25, 0.3) is 0 Å². The fourth-order valence-corrected chi connectivity index (χ4v) is 7.63. The Kier molecular flexibility index (Phi) is 5.39. The highest BCUT2D eigenvalue weighted by molar-refractivity contribution is 6.21. The molecule has 272 valence electrons. The molecule has 0 atom stereocenters. The molecule has 0 radical (unpaired) electrons. The van der Waals surface area contributed by atoms with E-state index in [1.54, 1.807) is 54.6 Å². The molecule has 0 spiro atoms. The van der Waals surface area contributed by atoms with Gasteiger partial charge in [-0.1, -0.05) is 176 Å². The molecule has 2 nitrogen and oxygen atoms in total. The van der Waals surface area contributed by atoms with Gasteiger partial charge in [0.15, 0.2) is 0 Å². The van der Waals surface area contributed by atoms with E-state index in [1.807, 2.05) is 84.9 Å². The molecule has 0 saturated carbocycles. The number of furan rings is 1. The summed E-state index contributed by atoms with van der Waals surface area (Å²) < 4.78 is 140. The van der Waals surface area contributed by atoms with Gasteiger partial charge < -0.3 is 9.32 Å². The average molecular weight is 754 g/mol. The maximum atomic E-state index is 10.2. The number of anilines is 3. The molecule has 0 aliphatic carbocycles. The minimum atomic E-state index is -0.763. The first-order valence-corrected chi connectivity index (χ1v) is 18.7. The van der Waals surface area contributed by atoms with Gasteiger partial charge in [-0.05, 0) is 109 Å². The van der Waals surface area contributed by atoms with Crippen molar-refractivity contribution < 1.29 is 23.6 Å². The third-order valence-corrected chi connectivity index (χ3v) is 10.4. The average Bonchev–Trinajstić information content (AvgIpc) is 3.79. The SMILES string of the molecule is [2H]c1c([2H])c(-c2ccccc2)c([2H])c(N(c2c([2H])c([2H])c(-c3ccc(-c4ccccc4)cc3)c([2H])c2[2H])c2c([2H])c([2H])c(-c3cc4ccccc4c4ccccc34)c3oc4c([2H])c([2H])c([2H])c([2H])c4c23)c1[2H]. The predicted octanol–water partition coefficient (Wildman–Crippen LogP) is 16.0. The summed E-state index contributed by atoms with van der Waals surface area (Å²) in [6, 6.07) is 33.0. The quantitative estimate of drug-likeness (QED) is 0.151. The molecule has 11 aromatic rings. The van der Waals surface area contributed by atoms with E-state index < -0.39 is 102 Å². The predicted molar refractivity (Wildman–Crippen MR) is 245 cm³/mol. The molecule has 58 heavy (non-hydrogen) atoms. The summed E-state index contributed by atoms with van der Waals surface area (Å²) in [5, 5.41) is 2.61. The second kappa shape index (κ2) is 14.1. The van der Waals surface area contributed by atoms with Crippen LogP contribution in [-0.4, -0.2) is 0 Å². The molecule has 10 aromatic carbocycles. The molecule has 1 aromatic heterocycles. The highest BCUT2D eigenvalue weighted by atomic mass is 16.3. The van der Waals surface area contributed by atoms with Gasteiger partial charge in [0.05, 0.1) is 30.3 Å². The first-order valence-electron chi connectivity index (χ1n) is 25.7. The lowest BCUT2D eigenvalue weighted by atomic mass is 9.92. The van der Waals surface area contributed by atoms with Crippen molar-refractivity contribution in [1.82, 2.24) is 0 Å². The number of para-hydroxylation sites is 1. The molecule has 0 amide bonds. The number of fused-ring (bicyclic) bond motifs is 6. The molecule has 11 rings (SSSR count). The van der Waals surface area contributed by atoms with E-state index in [2.05, 4.69) is 0 Å². The minimum Gasteiger partial charge on any atom is -0.455 e. The van der Waals surface area contributed by atoms with Crippen LogP contribution in [0, 0.1) is 0 Å². The maximum Gasteiger partial charge on any atom is 0.145 e. The summed E-state index contributed by atoms with van der Waals surface area (Å²) in [5.74, 6) is 0. The number of nitrogens with zero attached hydrogens (tertiary/aromatic N) is 1. The van der Waals surface area contributed by atoms with Crippen LogP contribution < -0.4 is 4.90 Å². The van der Waals surface area contributed by atoms with Crippen molar-refractivity contribution in [2.45, 2.75) is 0 Å². The smallest absolute Gasteiger partial charge is 0.145 e. The van der Waals surface area contributed by atoms with Crippen LogP contribution in [0.1, 0.15) is 19.2 Å². The summed E-state index contributed by atoms with van der Waals surface area (Å²) in [6.07, 6.45) is 0. The largest absolute Gasteiger partial charge is 0.455 e. The molecule has 0 N–H and O–H groups in total. The Labute approximate surface area is 357 Å². The minimum absolute atomic E-state index is 0.0208. The van der Waals surface area contributed by atoms with Crippen molar-refractivity contribution in [2.24, 2.45) is 0 Å². The van der Waals surface area contributed by atoms with Gasteiger partial charge in [-0.25, -0.2) is 0 Å². The molecule has 2 heteroatoms. The molecule has 0 aliphatic rings. The Morgan fingerprint density at radius 3 is 1.78 bits per heavy atom. The highest BCUT2D eigenvalue weighted by Crippen LogP contribution is 2.48. The molecule has 0 bridgehead atoms.